The molecule has 1 aliphatic heterocycles. The van der Waals surface area contributed by atoms with Gasteiger partial charge < -0.3 is 10.2 Å². The number of hydrogen-bond acceptors (Lipinski definition) is 2. The summed E-state index contributed by atoms with van der Waals surface area (Å²) < 4.78 is 13.6. The highest BCUT2D eigenvalue weighted by molar-refractivity contribution is 5.72. The van der Waals surface area contributed by atoms with Gasteiger partial charge in [0.2, 0.25) is 0 Å². The zero-order valence-corrected chi connectivity index (χ0v) is 8.67. The molecule has 1 N–H and O–H groups in total. The van der Waals surface area contributed by atoms with E-state index in [0.717, 1.165) is 25.2 Å². The van der Waals surface area contributed by atoms with Crippen molar-refractivity contribution in [3.63, 3.8) is 0 Å². The fourth-order valence-electron chi connectivity index (χ4n) is 2.28. The van der Waals surface area contributed by atoms with Gasteiger partial charge in [-0.05, 0) is 31.4 Å². The van der Waals surface area contributed by atoms with Gasteiger partial charge in [0.25, 0.3) is 0 Å². The molecule has 2 nitrogen and oxygen atoms in total. The summed E-state index contributed by atoms with van der Waals surface area (Å²) in [5.41, 5.74) is 1.75. The van der Waals surface area contributed by atoms with Crippen molar-refractivity contribution >= 4 is 11.4 Å². The van der Waals surface area contributed by atoms with Crippen LogP contribution in [-0.2, 0) is 0 Å². The Morgan fingerprint density at radius 2 is 2.20 bits per heavy atom. The third kappa shape index (κ3) is 1.56. The molecular formula is C12H15FN2. The summed E-state index contributed by atoms with van der Waals surface area (Å²) in [6, 6.07) is 6.01. The van der Waals surface area contributed by atoms with E-state index in [-0.39, 0.29) is 5.82 Å². The second kappa shape index (κ2) is 3.40. The molecule has 0 radical (unpaired) electrons. The predicted molar refractivity (Wildman–Crippen MR) is 59.9 cm³/mol. The molecule has 0 saturated heterocycles. The summed E-state index contributed by atoms with van der Waals surface area (Å²) in [5, 5.41) is 3.19. The summed E-state index contributed by atoms with van der Waals surface area (Å²) in [6.45, 7) is 1.92. The lowest BCUT2D eigenvalue weighted by atomic mass is 10.2. The molecule has 0 atom stereocenters. The Bertz CT molecular complexity index is 374. The van der Waals surface area contributed by atoms with E-state index in [2.05, 4.69) is 10.2 Å². The average Bonchev–Trinajstić information content (AvgIpc) is 3.03. The van der Waals surface area contributed by atoms with E-state index in [1.807, 2.05) is 6.07 Å². The maximum Gasteiger partial charge on any atom is 0.148 e. The largest absolute Gasteiger partial charge is 0.381 e. The van der Waals surface area contributed by atoms with Gasteiger partial charge in [-0.1, -0.05) is 6.07 Å². The standard InChI is InChI=1S/C12H15FN2/c13-10-3-1-4-11-12(10)14-7-2-8-15(11)9-5-6-9/h1,3-4,9,14H,2,5-8H2. The van der Waals surface area contributed by atoms with Crippen LogP contribution < -0.4 is 10.2 Å². The van der Waals surface area contributed by atoms with E-state index < -0.39 is 0 Å². The van der Waals surface area contributed by atoms with Gasteiger partial charge in [-0.2, -0.15) is 0 Å². The molecular weight excluding hydrogens is 191 g/mol. The van der Waals surface area contributed by atoms with Crippen LogP contribution in [-0.4, -0.2) is 19.1 Å². The second-order valence-electron chi connectivity index (χ2n) is 4.34. The van der Waals surface area contributed by atoms with Crippen LogP contribution in [0.15, 0.2) is 18.2 Å². The second-order valence-corrected chi connectivity index (χ2v) is 4.34. The number of hydrogen-bond donors (Lipinski definition) is 1. The lowest BCUT2D eigenvalue weighted by Crippen LogP contribution is -2.26. The summed E-state index contributed by atoms with van der Waals surface area (Å²) >= 11 is 0. The molecule has 15 heavy (non-hydrogen) atoms. The fourth-order valence-corrected chi connectivity index (χ4v) is 2.28. The number of benzene rings is 1. The van der Waals surface area contributed by atoms with E-state index in [1.165, 1.54) is 18.9 Å². The molecule has 0 amide bonds. The van der Waals surface area contributed by atoms with Crippen molar-refractivity contribution < 1.29 is 4.39 Å². The minimum atomic E-state index is -0.125. The van der Waals surface area contributed by atoms with Gasteiger partial charge in [-0.25, -0.2) is 4.39 Å². The summed E-state index contributed by atoms with van der Waals surface area (Å²) in [7, 11) is 0. The van der Waals surface area contributed by atoms with Crippen molar-refractivity contribution in [2.24, 2.45) is 0 Å². The number of halogens is 1. The first-order valence-electron chi connectivity index (χ1n) is 5.65. The molecule has 1 aromatic carbocycles. The monoisotopic (exact) mass is 206 g/mol. The van der Waals surface area contributed by atoms with Crippen molar-refractivity contribution in [3.05, 3.63) is 24.0 Å². The highest BCUT2D eigenvalue weighted by Gasteiger charge is 2.31. The molecule has 1 heterocycles. The smallest absolute Gasteiger partial charge is 0.148 e. The third-order valence-electron chi connectivity index (χ3n) is 3.17. The van der Waals surface area contributed by atoms with Gasteiger partial charge in [-0.3, -0.25) is 0 Å². The summed E-state index contributed by atoms with van der Waals surface area (Å²) in [4.78, 5) is 2.36. The third-order valence-corrected chi connectivity index (χ3v) is 3.17. The van der Waals surface area contributed by atoms with Crippen LogP contribution in [0.4, 0.5) is 15.8 Å². The Morgan fingerprint density at radius 3 is 3.00 bits per heavy atom. The van der Waals surface area contributed by atoms with Crippen molar-refractivity contribution in [3.8, 4) is 0 Å². The topological polar surface area (TPSA) is 15.3 Å². The molecule has 1 aliphatic carbocycles. The first kappa shape index (κ1) is 9.01. The summed E-state index contributed by atoms with van der Waals surface area (Å²) in [5.74, 6) is -0.125. The number of nitrogens with one attached hydrogen (secondary N) is 1. The maximum atomic E-state index is 13.6. The lowest BCUT2D eigenvalue weighted by molar-refractivity contribution is 0.630. The maximum absolute atomic E-state index is 13.6. The van der Waals surface area contributed by atoms with Gasteiger partial charge in [0.15, 0.2) is 0 Å². The van der Waals surface area contributed by atoms with E-state index in [4.69, 9.17) is 0 Å². The minimum Gasteiger partial charge on any atom is -0.381 e. The Morgan fingerprint density at radius 1 is 1.33 bits per heavy atom. The van der Waals surface area contributed by atoms with Crippen LogP contribution in [0.3, 0.4) is 0 Å². The molecule has 1 fully saturated rings. The highest BCUT2D eigenvalue weighted by atomic mass is 19.1. The quantitative estimate of drug-likeness (QED) is 0.759. The van der Waals surface area contributed by atoms with Crippen molar-refractivity contribution in [2.75, 3.05) is 23.3 Å². The lowest BCUT2D eigenvalue weighted by Gasteiger charge is -2.24. The molecule has 0 unspecified atom stereocenters. The van der Waals surface area contributed by atoms with Gasteiger partial charge in [-0.15, -0.1) is 0 Å². The van der Waals surface area contributed by atoms with Crippen LogP contribution in [0, 0.1) is 5.82 Å². The van der Waals surface area contributed by atoms with Crippen LogP contribution in [0.2, 0.25) is 0 Å². The van der Waals surface area contributed by atoms with Gasteiger partial charge in [0.05, 0.1) is 11.4 Å². The molecule has 1 aromatic rings. The Balaban J connectivity index is 2.04. The molecule has 3 rings (SSSR count). The SMILES string of the molecule is Fc1cccc2c1NCCCN2C1CC1. The Labute approximate surface area is 89.1 Å². The van der Waals surface area contributed by atoms with Crippen molar-refractivity contribution in [1.29, 1.82) is 0 Å². The van der Waals surface area contributed by atoms with Crippen LogP contribution >= 0.6 is 0 Å². The molecule has 0 spiro atoms. The number of nitrogens with zero attached hydrogens (tertiary/aromatic N) is 1. The molecule has 0 aromatic heterocycles. The van der Waals surface area contributed by atoms with E-state index in [1.54, 1.807) is 6.07 Å². The normalized spacial score (nSPS) is 20.5. The molecule has 0 bridgehead atoms. The number of rotatable bonds is 1. The first-order valence-corrected chi connectivity index (χ1v) is 5.65. The molecule has 3 heteroatoms. The fraction of sp³-hybridized carbons (Fsp3) is 0.500. The van der Waals surface area contributed by atoms with Crippen molar-refractivity contribution in [2.45, 2.75) is 25.3 Å². The number of anilines is 2. The zero-order chi connectivity index (χ0) is 10.3. The Hall–Kier alpha value is -1.25. The zero-order valence-electron chi connectivity index (χ0n) is 8.67. The van der Waals surface area contributed by atoms with E-state index in [9.17, 15) is 4.39 Å². The number of para-hydroxylation sites is 1. The first-order chi connectivity index (χ1) is 7.36. The Kier molecular flexibility index (Phi) is 2.04. The van der Waals surface area contributed by atoms with Crippen LogP contribution in [0.25, 0.3) is 0 Å². The molecule has 2 aliphatic rings. The van der Waals surface area contributed by atoms with E-state index >= 15 is 0 Å². The molecule has 80 valence electrons. The predicted octanol–water partition coefficient (Wildman–Crippen LogP) is 2.61. The van der Waals surface area contributed by atoms with Crippen LogP contribution in [0.5, 0.6) is 0 Å². The van der Waals surface area contributed by atoms with Crippen molar-refractivity contribution in [1.82, 2.24) is 0 Å². The average molecular weight is 206 g/mol. The number of fused-ring (bicyclic) bond motifs is 1. The highest BCUT2D eigenvalue weighted by Crippen LogP contribution is 2.38. The minimum absolute atomic E-state index is 0.125. The van der Waals surface area contributed by atoms with Gasteiger partial charge >= 0.3 is 0 Å². The van der Waals surface area contributed by atoms with E-state index in [0.29, 0.717) is 11.7 Å². The van der Waals surface area contributed by atoms with Gasteiger partial charge in [0.1, 0.15) is 5.82 Å². The van der Waals surface area contributed by atoms with Gasteiger partial charge in [0, 0.05) is 19.1 Å². The molecule has 1 saturated carbocycles. The summed E-state index contributed by atoms with van der Waals surface area (Å²) in [6.07, 6.45) is 3.61. The van der Waals surface area contributed by atoms with Crippen LogP contribution in [0.1, 0.15) is 19.3 Å².